The number of hydrogen-bond donors (Lipinski definition) is 2. The lowest BCUT2D eigenvalue weighted by Gasteiger charge is -2.12. The van der Waals surface area contributed by atoms with E-state index >= 15 is 0 Å². The Morgan fingerprint density at radius 2 is 1.92 bits per heavy atom. The van der Waals surface area contributed by atoms with Gasteiger partial charge in [-0.05, 0) is 38.5 Å². The molecule has 1 aromatic heterocycles. The third kappa shape index (κ3) is 4.23. The molecule has 0 fully saturated rings. The van der Waals surface area contributed by atoms with Gasteiger partial charge in [0.1, 0.15) is 9.88 Å². The van der Waals surface area contributed by atoms with Gasteiger partial charge in [-0.3, -0.25) is 4.79 Å². The number of nitrogens with zero attached hydrogens (tertiary/aromatic N) is 1. The van der Waals surface area contributed by atoms with Crippen molar-refractivity contribution in [1.82, 2.24) is 10.3 Å². The minimum atomic E-state index is -3.44. The van der Waals surface area contributed by atoms with Gasteiger partial charge in [-0.25, -0.2) is 18.2 Å². The van der Waals surface area contributed by atoms with E-state index < -0.39 is 27.8 Å². The molecule has 0 bridgehead atoms. The van der Waals surface area contributed by atoms with E-state index in [-0.39, 0.29) is 15.3 Å². The number of sulfone groups is 1. The summed E-state index contributed by atoms with van der Waals surface area (Å²) in [7, 11) is -3.44. The molecule has 0 spiro atoms. The molecule has 0 radical (unpaired) electrons. The van der Waals surface area contributed by atoms with Gasteiger partial charge >= 0.3 is 5.97 Å². The van der Waals surface area contributed by atoms with E-state index in [0.717, 1.165) is 17.6 Å². The van der Waals surface area contributed by atoms with E-state index in [1.165, 1.54) is 6.07 Å². The topological polar surface area (TPSA) is 113 Å². The number of aryl methyl sites for hydroxylation is 2. The second-order valence-corrected chi connectivity index (χ2v) is 8.73. The Balaban J connectivity index is 2.25. The SMILES string of the molecule is Cc1ccc(C(=O)NC(C)c2nc(C)c(C(=O)O)s2)cc1S(C)(=O)=O. The minimum Gasteiger partial charge on any atom is -0.477 e. The van der Waals surface area contributed by atoms with Crippen molar-refractivity contribution in [3.05, 3.63) is 44.9 Å². The first-order valence-corrected chi connectivity index (χ1v) is 10.0. The Labute approximate surface area is 149 Å². The number of aromatic carboxylic acids is 1. The van der Waals surface area contributed by atoms with Gasteiger partial charge in [0.25, 0.3) is 5.91 Å². The van der Waals surface area contributed by atoms with Crippen LogP contribution in [-0.2, 0) is 9.84 Å². The first-order chi connectivity index (χ1) is 11.5. The number of thiazole rings is 1. The fraction of sp³-hybridized carbons (Fsp3) is 0.312. The highest BCUT2D eigenvalue weighted by Gasteiger charge is 2.20. The lowest BCUT2D eigenvalue weighted by atomic mass is 10.1. The number of aromatic nitrogens is 1. The summed E-state index contributed by atoms with van der Waals surface area (Å²) < 4.78 is 23.6. The molecule has 7 nitrogen and oxygen atoms in total. The molecule has 1 amide bonds. The molecule has 1 unspecified atom stereocenters. The van der Waals surface area contributed by atoms with E-state index in [1.54, 1.807) is 32.9 Å². The van der Waals surface area contributed by atoms with Crippen LogP contribution in [-0.4, -0.2) is 36.6 Å². The van der Waals surface area contributed by atoms with E-state index in [4.69, 9.17) is 5.11 Å². The standard InChI is InChI=1S/C16H18N2O5S2/c1-8-5-6-11(7-12(8)25(4,22)23)14(19)17-10(3)15-18-9(2)13(24-15)16(20)21/h5-7,10H,1-4H3,(H,17,19)(H,20,21). The zero-order valence-corrected chi connectivity index (χ0v) is 15.8. The van der Waals surface area contributed by atoms with E-state index in [1.807, 2.05) is 0 Å². The van der Waals surface area contributed by atoms with Crippen LogP contribution in [0.3, 0.4) is 0 Å². The fourth-order valence-corrected chi connectivity index (χ4v) is 4.19. The molecule has 2 aromatic rings. The highest BCUT2D eigenvalue weighted by molar-refractivity contribution is 7.90. The average Bonchev–Trinajstić information content (AvgIpc) is 2.88. The molecule has 2 rings (SSSR count). The Hall–Kier alpha value is -2.26. The number of carboxylic acids is 1. The van der Waals surface area contributed by atoms with Crippen LogP contribution < -0.4 is 5.32 Å². The number of carboxylic acid groups (broad SMARTS) is 1. The Morgan fingerprint density at radius 1 is 1.28 bits per heavy atom. The summed E-state index contributed by atoms with van der Waals surface area (Å²) in [6, 6.07) is 3.95. The van der Waals surface area contributed by atoms with Crippen molar-refractivity contribution in [3.63, 3.8) is 0 Å². The van der Waals surface area contributed by atoms with Crippen LogP contribution in [0.25, 0.3) is 0 Å². The van der Waals surface area contributed by atoms with Crippen molar-refractivity contribution in [2.24, 2.45) is 0 Å². The first-order valence-electron chi connectivity index (χ1n) is 7.33. The lowest BCUT2D eigenvalue weighted by Crippen LogP contribution is -2.26. The molecular formula is C16H18N2O5S2. The highest BCUT2D eigenvalue weighted by atomic mass is 32.2. The molecule has 9 heteroatoms. The monoisotopic (exact) mass is 382 g/mol. The van der Waals surface area contributed by atoms with Crippen LogP contribution in [0.1, 0.15) is 49.3 Å². The molecular weight excluding hydrogens is 364 g/mol. The smallest absolute Gasteiger partial charge is 0.347 e. The van der Waals surface area contributed by atoms with Crippen molar-refractivity contribution < 1.29 is 23.1 Å². The van der Waals surface area contributed by atoms with Gasteiger partial charge in [0, 0.05) is 11.8 Å². The van der Waals surface area contributed by atoms with Crippen molar-refractivity contribution >= 4 is 33.1 Å². The second kappa shape index (κ2) is 6.93. The minimum absolute atomic E-state index is 0.103. The van der Waals surface area contributed by atoms with Crippen molar-refractivity contribution in [3.8, 4) is 0 Å². The number of benzene rings is 1. The first kappa shape index (κ1) is 19.1. The van der Waals surface area contributed by atoms with Gasteiger partial charge in [0.05, 0.1) is 16.6 Å². The molecule has 2 N–H and O–H groups in total. The van der Waals surface area contributed by atoms with Crippen molar-refractivity contribution in [1.29, 1.82) is 0 Å². The van der Waals surface area contributed by atoms with E-state index in [9.17, 15) is 18.0 Å². The summed E-state index contributed by atoms with van der Waals surface area (Å²) in [5.41, 5.74) is 1.17. The quantitative estimate of drug-likeness (QED) is 0.821. The fourth-order valence-electron chi connectivity index (χ4n) is 2.28. The van der Waals surface area contributed by atoms with Crippen LogP contribution >= 0.6 is 11.3 Å². The Morgan fingerprint density at radius 3 is 2.44 bits per heavy atom. The summed E-state index contributed by atoms with van der Waals surface area (Å²) in [5.74, 6) is -1.52. The number of hydrogen-bond acceptors (Lipinski definition) is 6. The maximum absolute atomic E-state index is 12.4. The third-order valence-electron chi connectivity index (χ3n) is 3.58. The predicted molar refractivity (Wildman–Crippen MR) is 94.0 cm³/mol. The number of carbonyl (C=O) groups excluding carboxylic acids is 1. The molecule has 1 atom stereocenters. The second-order valence-electron chi connectivity index (χ2n) is 5.72. The average molecular weight is 382 g/mol. The molecule has 0 aliphatic heterocycles. The molecule has 1 aromatic carbocycles. The predicted octanol–water partition coefficient (Wildman–Crippen LogP) is 2.35. The molecule has 1 heterocycles. The van der Waals surface area contributed by atoms with Gasteiger partial charge in [0.2, 0.25) is 0 Å². The zero-order valence-electron chi connectivity index (χ0n) is 14.2. The Kier molecular flexibility index (Phi) is 5.28. The van der Waals surface area contributed by atoms with Gasteiger partial charge in [-0.1, -0.05) is 6.07 Å². The maximum Gasteiger partial charge on any atom is 0.347 e. The van der Waals surface area contributed by atoms with Gasteiger partial charge in [0.15, 0.2) is 9.84 Å². The summed E-state index contributed by atoms with van der Waals surface area (Å²) in [6.45, 7) is 4.94. The van der Waals surface area contributed by atoms with Crippen LogP contribution in [0.2, 0.25) is 0 Å². The largest absolute Gasteiger partial charge is 0.477 e. The zero-order chi connectivity index (χ0) is 18.9. The van der Waals surface area contributed by atoms with Crippen LogP contribution in [0, 0.1) is 13.8 Å². The summed E-state index contributed by atoms with van der Waals surface area (Å²) in [6.07, 6.45) is 1.09. The number of carbonyl (C=O) groups is 2. The van der Waals surface area contributed by atoms with Crippen molar-refractivity contribution in [2.45, 2.75) is 31.7 Å². The third-order valence-corrected chi connectivity index (χ3v) is 6.14. The highest BCUT2D eigenvalue weighted by Crippen LogP contribution is 2.24. The van der Waals surface area contributed by atoms with Gasteiger partial charge < -0.3 is 10.4 Å². The lowest BCUT2D eigenvalue weighted by molar-refractivity contribution is 0.0700. The molecule has 0 saturated carbocycles. The molecule has 134 valence electrons. The normalized spacial score (nSPS) is 12.6. The molecule has 25 heavy (non-hydrogen) atoms. The summed E-state index contributed by atoms with van der Waals surface area (Å²) in [5, 5.41) is 12.3. The number of nitrogens with one attached hydrogen (secondary N) is 1. The van der Waals surface area contributed by atoms with Crippen molar-refractivity contribution in [2.75, 3.05) is 6.26 Å². The van der Waals surface area contributed by atoms with Crippen LogP contribution in [0.4, 0.5) is 0 Å². The summed E-state index contributed by atoms with van der Waals surface area (Å²) in [4.78, 5) is 27.9. The molecule has 0 saturated heterocycles. The number of rotatable bonds is 5. The van der Waals surface area contributed by atoms with Crippen LogP contribution in [0.15, 0.2) is 23.1 Å². The Bertz CT molecular complexity index is 947. The maximum atomic E-state index is 12.4. The van der Waals surface area contributed by atoms with Crippen LogP contribution in [0.5, 0.6) is 0 Å². The molecule has 0 aliphatic rings. The van der Waals surface area contributed by atoms with Gasteiger partial charge in [-0.15, -0.1) is 11.3 Å². The van der Waals surface area contributed by atoms with E-state index in [2.05, 4.69) is 10.3 Å². The molecule has 0 aliphatic carbocycles. The number of amides is 1. The summed E-state index contributed by atoms with van der Waals surface area (Å²) >= 11 is 1.00. The van der Waals surface area contributed by atoms with E-state index in [0.29, 0.717) is 16.3 Å². The van der Waals surface area contributed by atoms with Gasteiger partial charge in [-0.2, -0.15) is 0 Å².